The molecule has 1 aliphatic heterocycles. The van der Waals surface area contributed by atoms with Crippen LogP contribution < -0.4 is 5.32 Å². The van der Waals surface area contributed by atoms with Gasteiger partial charge in [0.05, 0.1) is 12.6 Å². The van der Waals surface area contributed by atoms with Crippen LogP contribution >= 0.6 is 0 Å². The number of hydrogen-bond donors (Lipinski definition) is 2. The maximum atomic E-state index is 12.1. The molecule has 25 heavy (non-hydrogen) atoms. The van der Waals surface area contributed by atoms with Gasteiger partial charge in [-0.1, -0.05) is 18.2 Å². The summed E-state index contributed by atoms with van der Waals surface area (Å²) in [4.78, 5) is 28.8. The molecule has 1 fully saturated rings. The molecule has 6 heteroatoms. The molecule has 1 aromatic carbocycles. The smallest absolute Gasteiger partial charge is 0.239 e. The molecule has 0 bridgehead atoms. The minimum atomic E-state index is -0.135. The third-order valence-corrected chi connectivity index (χ3v) is 4.66. The van der Waals surface area contributed by atoms with E-state index in [0.717, 1.165) is 35.9 Å². The zero-order chi connectivity index (χ0) is 17.6. The minimum absolute atomic E-state index is 0.0877. The average molecular weight is 343 g/mol. The summed E-state index contributed by atoms with van der Waals surface area (Å²) in [6.45, 7) is 3.40. The van der Waals surface area contributed by atoms with E-state index in [1.54, 1.807) is 4.90 Å². The summed E-state index contributed by atoms with van der Waals surface area (Å²) in [5.74, 6) is -0.225. The largest absolute Gasteiger partial charge is 0.376 e. The van der Waals surface area contributed by atoms with Crippen LogP contribution in [0.4, 0.5) is 0 Å². The van der Waals surface area contributed by atoms with E-state index in [2.05, 4.69) is 16.4 Å². The highest BCUT2D eigenvalue weighted by atomic mass is 16.5. The van der Waals surface area contributed by atoms with E-state index >= 15 is 0 Å². The first-order valence-corrected chi connectivity index (χ1v) is 8.82. The first kappa shape index (κ1) is 17.5. The van der Waals surface area contributed by atoms with Crippen LogP contribution in [-0.2, 0) is 20.7 Å². The molecule has 3 rings (SSSR count). The molecule has 2 amide bonds. The number of para-hydroxylation sites is 1. The molecule has 2 heterocycles. The van der Waals surface area contributed by atoms with Crippen molar-refractivity contribution in [1.82, 2.24) is 15.2 Å². The molecule has 6 nitrogen and oxygen atoms in total. The molecule has 0 radical (unpaired) electrons. The number of ether oxygens (including phenoxy) is 1. The van der Waals surface area contributed by atoms with Crippen LogP contribution in [0.25, 0.3) is 10.9 Å². The van der Waals surface area contributed by atoms with Gasteiger partial charge in [-0.2, -0.15) is 0 Å². The topological polar surface area (TPSA) is 74.4 Å². The Morgan fingerprint density at radius 2 is 2.20 bits per heavy atom. The second kappa shape index (κ2) is 8.16. The van der Waals surface area contributed by atoms with Gasteiger partial charge in [0.15, 0.2) is 0 Å². The van der Waals surface area contributed by atoms with E-state index < -0.39 is 0 Å². The summed E-state index contributed by atoms with van der Waals surface area (Å²) < 4.78 is 5.49. The molecule has 1 atom stereocenters. The molecule has 2 aromatic rings. The second-order valence-electron chi connectivity index (χ2n) is 6.49. The first-order chi connectivity index (χ1) is 12.1. The number of H-pyrrole nitrogens is 1. The van der Waals surface area contributed by atoms with Crippen molar-refractivity contribution in [2.45, 2.75) is 32.3 Å². The number of aromatic nitrogens is 1. The molecule has 1 saturated heterocycles. The van der Waals surface area contributed by atoms with Crippen LogP contribution in [0, 0.1) is 0 Å². The summed E-state index contributed by atoms with van der Waals surface area (Å²) in [6.07, 6.45) is 4.83. The maximum Gasteiger partial charge on any atom is 0.239 e. The third-order valence-electron chi connectivity index (χ3n) is 4.66. The highest BCUT2D eigenvalue weighted by Crippen LogP contribution is 2.18. The zero-order valence-electron chi connectivity index (χ0n) is 14.6. The van der Waals surface area contributed by atoms with Gasteiger partial charge in [0.1, 0.15) is 0 Å². The van der Waals surface area contributed by atoms with Crippen LogP contribution in [0.15, 0.2) is 30.5 Å². The van der Waals surface area contributed by atoms with Crippen molar-refractivity contribution in [2.24, 2.45) is 0 Å². The fourth-order valence-corrected chi connectivity index (χ4v) is 3.20. The lowest BCUT2D eigenvalue weighted by Crippen LogP contribution is -2.42. The van der Waals surface area contributed by atoms with Gasteiger partial charge >= 0.3 is 0 Å². The Kier molecular flexibility index (Phi) is 5.71. The fraction of sp³-hybridized carbons (Fsp3) is 0.474. The Balaban J connectivity index is 1.52. The summed E-state index contributed by atoms with van der Waals surface area (Å²) in [5, 5.41) is 4.03. The lowest BCUT2D eigenvalue weighted by atomic mass is 10.1. The fourth-order valence-electron chi connectivity index (χ4n) is 3.20. The van der Waals surface area contributed by atoms with Gasteiger partial charge in [0, 0.05) is 43.7 Å². The lowest BCUT2D eigenvalue weighted by molar-refractivity contribution is -0.134. The number of nitrogens with zero attached hydrogens (tertiary/aromatic N) is 1. The Bertz CT molecular complexity index is 734. The third kappa shape index (κ3) is 4.60. The SMILES string of the molecule is CC(=O)N(CCc1c[nH]c2ccccc12)CC(=O)NCC1CCCO1. The lowest BCUT2D eigenvalue weighted by Gasteiger charge is -2.21. The molecule has 2 N–H and O–H groups in total. The normalized spacial score (nSPS) is 16.9. The number of nitrogens with one attached hydrogen (secondary N) is 2. The van der Waals surface area contributed by atoms with Crippen molar-refractivity contribution in [2.75, 3.05) is 26.2 Å². The molecule has 0 saturated carbocycles. The van der Waals surface area contributed by atoms with Gasteiger partial charge in [-0.3, -0.25) is 9.59 Å². The van der Waals surface area contributed by atoms with Crippen molar-refractivity contribution >= 4 is 22.7 Å². The summed E-state index contributed by atoms with van der Waals surface area (Å²) in [7, 11) is 0. The van der Waals surface area contributed by atoms with Crippen LogP contribution in [-0.4, -0.2) is 54.0 Å². The Morgan fingerprint density at radius 3 is 2.96 bits per heavy atom. The molecular formula is C19H25N3O3. The average Bonchev–Trinajstić information content (AvgIpc) is 3.26. The summed E-state index contributed by atoms with van der Waals surface area (Å²) in [5.41, 5.74) is 2.24. The minimum Gasteiger partial charge on any atom is -0.376 e. The van der Waals surface area contributed by atoms with E-state index in [-0.39, 0.29) is 24.5 Å². The van der Waals surface area contributed by atoms with Crippen molar-refractivity contribution in [1.29, 1.82) is 0 Å². The molecule has 134 valence electrons. The van der Waals surface area contributed by atoms with Gasteiger partial charge in [-0.15, -0.1) is 0 Å². The molecule has 1 aliphatic rings. The predicted octanol–water partition coefficient (Wildman–Crippen LogP) is 1.85. The number of fused-ring (bicyclic) bond motifs is 1. The Morgan fingerprint density at radius 1 is 1.36 bits per heavy atom. The Hall–Kier alpha value is -2.34. The summed E-state index contributed by atoms with van der Waals surface area (Å²) in [6, 6.07) is 8.08. The van der Waals surface area contributed by atoms with Gasteiger partial charge in [-0.05, 0) is 30.9 Å². The van der Waals surface area contributed by atoms with E-state index in [1.165, 1.54) is 6.92 Å². The number of hydrogen-bond acceptors (Lipinski definition) is 3. The van der Waals surface area contributed by atoms with Crippen LogP contribution in [0.3, 0.4) is 0 Å². The highest BCUT2D eigenvalue weighted by Gasteiger charge is 2.18. The molecular weight excluding hydrogens is 318 g/mol. The van der Waals surface area contributed by atoms with E-state index in [1.807, 2.05) is 24.4 Å². The number of carbonyl (C=O) groups excluding carboxylic acids is 2. The van der Waals surface area contributed by atoms with E-state index in [0.29, 0.717) is 19.5 Å². The zero-order valence-corrected chi connectivity index (χ0v) is 14.6. The van der Waals surface area contributed by atoms with Gasteiger partial charge in [-0.25, -0.2) is 0 Å². The maximum absolute atomic E-state index is 12.1. The van der Waals surface area contributed by atoms with Gasteiger partial charge in [0.2, 0.25) is 11.8 Å². The van der Waals surface area contributed by atoms with Gasteiger partial charge in [0.25, 0.3) is 0 Å². The number of carbonyl (C=O) groups is 2. The van der Waals surface area contributed by atoms with Crippen molar-refractivity contribution in [3.63, 3.8) is 0 Å². The predicted molar refractivity (Wildman–Crippen MR) is 96.2 cm³/mol. The summed E-state index contributed by atoms with van der Waals surface area (Å²) >= 11 is 0. The first-order valence-electron chi connectivity index (χ1n) is 8.82. The molecule has 0 spiro atoms. The van der Waals surface area contributed by atoms with Crippen LogP contribution in [0.2, 0.25) is 0 Å². The van der Waals surface area contributed by atoms with Crippen molar-refractivity contribution in [3.05, 3.63) is 36.0 Å². The monoisotopic (exact) mass is 343 g/mol. The highest BCUT2D eigenvalue weighted by molar-refractivity contribution is 5.84. The number of benzene rings is 1. The van der Waals surface area contributed by atoms with Crippen LogP contribution in [0.5, 0.6) is 0 Å². The van der Waals surface area contributed by atoms with E-state index in [9.17, 15) is 9.59 Å². The number of aromatic amines is 1. The Labute approximate surface area is 147 Å². The second-order valence-corrected chi connectivity index (χ2v) is 6.49. The number of amides is 2. The molecule has 1 aromatic heterocycles. The molecule has 0 aliphatic carbocycles. The van der Waals surface area contributed by atoms with E-state index in [4.69, 9.17) is 4.74 Å². The van der Waals surface area contributed by atoms with Crippen molar-refractivity contribution in [3.8, 4) is 0 Å². The number of rotatable bonds is 7. The van der Waals surface area contributed by atoms with Crippen molar-refractivity contribution < 1.29 is 14.3 Å². The van der Waals surface area contributed by atoms with Crippen LogP contribution in [0.1, 0.15) is 25.3 Å². The molecule has 1 unspecified atom stereocenters. The quantitative estimate of drug-likeness (QED) is 0.806. The van der Waals surface area contributed by atoms with Gasteiger partial charge < -0.3 is 19.9 Å². The standard InChI is InChI=1S/C19H25N3O3/c1-14(23)22(13-19(24)21-12-16-5-4-10-25-16)9-8-15-11-20-18-7-3-2-6-17(15)18/h2-3,6-7,11,16,20H,4-5,8-10,12-13H2,1H3,(H,21,24).